The molecule has 0 N–H and O–H groups in total. The quantitative estimate of drug-likeness (QED) is 0.450. The Bertz CT molecular complexity index is 1050. The van der Waals surface area contributed by atoms with Crippen molar-refractivity contribution in [2.24, 2.45) is 0 Å². The first-order valence-corrected chi connectivity index (χ1v) is 12.5. The van der Waals surface area contributed by atoms with Gasteiger partial charge in [-0.3, -0.25) is 9.59 Å². The normalized spacial score (nSPS) is 19.9. The Hall–Kier alpha value is -3.24. The highest BCUT2D eigenvalue weighted by molar-refractivity contribution is 5.79. The highest BCUT2D eigenvalue weighted by Gasteiger charge is 2.42. The highest BCUT2D eigenvalue weighted by Crippen LogP contribution is 2.26. The molecule has 10 heteroatoms. The highest BCUT2D eigenvalue weighted by atomic mass is 19.1. The van der Waals surface area contributed by atoms with E-state index >= 15 is 0 Å². The van der Waals surface area contributed by atoms with Gasteiger partial charge in [-0.25, -0.2) is 8.78 Å². The second kappa shape index (κ2) is 12.8. The third-order valence-electron chi connectivity index (χ3n) is 6.38. The van der Waals surface area contributed by atoms with Gasteiger partial charge < -0.3 is 28.7 Å². The van der Waals surface area contributed by atoms with E-state index in [1.54, 1.807) is 28.0 Å². The van der Waals surface area contributed by atoms with Crippen LogP contribution in [0.1, 0.15) is 19.3 Å². The summed E-state index contributed by atoms with van der Waals surface area (Å²) in [5, 5.41) is 0. The van der Waals surface area contributed by atoms with Crippen molar-refractivity contribution < 1.29 is 37.3 Å². The number of ether oxygens (including phenoxy) is 4. The van der Waals surface area contributed by atoms with E-state index in [4.69, 9.17) is 18.9 Å². The largest absolute Gasteiger partial charge is 0.491 e. The summed E-state index contributed by atoms with van der Waals surface area (Å²) in [4.78, 5) is 29.5. The molecule has 0 saturated carbocycles. The van der Waals surface area contributed by atoms with Crippen molar-refractivity contribution in [1.29, 1.82) is 0 Å². The minimum absolute atomic E-state index is 0.0227. The van der Waals surface area contributed by atoms with Gasteiger partial charge in [0.25, 0.3) is 0 Å². The van der Waals surface area contributed by atoms with Crippen molar-refractivity contribution in [3.8, 4) is 11.5 Å². The van der Waals surface area contributed by atoms with Crippen LogP contribution >= 0.6 is 0 Å². The maximum absolute atomic E-state index is 13.7. The molecule has 2 aromatic rings. The molecule has 0 bridgehead atoms. The molecular weight excluding hydrogens is 486 g/mol. The number of carbonyl (C=O) groups is 2. The van der Waals surface area contributed by atoms with Gasteiger partial charge >= 0.3 is 0 Å². The fourth-order valence-corrected chi connectivity index (χ4v) is 4.37. The van der Waals surface area contributed by atoms with Crippen LogP contribution in [0, 0.1) is 11.6 Å². The van der Waals surface area contributed by atoms with Crippen molar-refractivity contribution in [2.45, 2.75) is 24.9 Å². The van der Waals surface area contributed by atoms with Gasteiger partial charge in [-0.2, -0.15) is 0 Å². The van der Waals surface area contributed by atoms with E-state index in [0.29, 0.717) is 45.0 Å². The third-order valence-corrected chi connectivity index (χ3v) is 6.38. The second-order valence-electron chi connectivity index (χ2n) is 9.14. The van der Waals surface area contributed by atoms with E-state index in [1.807, 2.05) is 0 Å². The van der Waals surface area contributed by atoms with Crippen molar-refractivity contribution in [1.82, 2.24) is 9.80 Å². The maximum atomic E-state index is 13.7. The fraction of sp³-hybridized carbons (Fsp3) is 0.481. The van der Waals surface area contributed by atoms with Gasteiger partial charge in [0.05, 0.1) is 39.4 Å². The third kappa shape index (κ3) is 7.62. The Morgan fingerprint density at radius 1 is 0.892 bits per heavy atom. The number of carbonyl (C=O) groups excluding carboxylic acids is 2. The van der Waals surface area contributed by atoms with Crippen LogP contribution in [-0.2, 0) is 19.1 Å². The first-order chi connectivity index (χ1) is 17.9. The fourth-order valence-electron chi connectivity index (χ4n) is 4.37. The average Bonchev–Trinajstić information content (AvgIpc) is 2.92. The molecule has 2 aromatic carbocycles. The molecule has 0 aromatic heterocycles. The van der Waals surface area contributed by atoms with Crippen LogP contribution in [0.5, 0.6) is 11.5 Å². The summed E-state index contributed by atoms with van der Waals surface area (Å²) < 4.78 is 49.8. The average molecular weight is 519 g/mol. The summed E-state index contributed by atoms with van der Waals surface area (Å²) in [6.07, 6.45) is 0.658. The van der Waals surface area contributed by atoms with Crippen LogP contribution in [0.25, 0.3) is 0 Å². The first kappa shape index (κ1) is 26.8. The molecule has 2 heterocycles. The van der Waals surface area contributed by atoms with Crippen molar-refractivity contribution in [3.63, 3.8) is 0 Å². The standard InChI is InChI=1S/C27H32F2N2O6/c28-21-7-9-22(10-8-21)36-20-27(18-26(33)30-11-15-34-16-12-30)19-31(13-17-37-27)25(32)6-3-14-35-24-5-2-1-4-23(24)29/h1-2,4-5,7-10H,3,6,11-20H2. The predicted octanol–water partition coefficient (Wildman–Crippen LogP) is 3.05. The smallest absolute Gasteiger partial charge is 0.225 e. The molecule has 2 fully saturated rings. The zero-order chi connectivity index (χ0) is 26.1. The van der Waals surface area contributed by atoms with Crippen molar-refractivity contribution in [2.75, 3.05) is 59.2 Å². The molecule has 8 nitrogen and oxygen atoms in total. The van der Waals surface area contributed by atoms with Crippen LogP contribution in [-0.4, -0.2) is 86.4 Å². The predicted molar refractivity (Wildman–Crippen MR) is 130 cm³/mol. The number of rotatable bonds is 10. The molecule has 4 rings (SSSR count). The molecule has 0 radical (unpaired) electrons. The number of hydrogen-bond acceptors (Lipinski definition) is 6. The Labute approximate surface area is 215 Å². The van der Waals surface area contributed by atoms with E-state index in [-0.39, 0.29) is 62.6 Å². The number of benzene rings is 2. The van der Waals surface area contributed by atoms with Crippen molar-refractivity contribution in [3.05, 3.63) is 60.2 Å². The molecule has 2 saturated heterocycles. The summed E-state index contributed by atoms with van der Waals surface area (Å²) in [5.74, 6) is -0.437. The molecule has 200 valence electrons. The van der Waals surface area contributed by atoms with Gasteiger partial charge in [-0.05, 0) is 42.8 Å². The zero-order valence-corrected chi connectivity index (χ0v) is 20.7. The van der Waals surface area contributed by atoms with Gasteiger partial charge in [0.1, 0.15) is 23.8 Å². The summed E-state index contributed by atoms with van der Waals surface area (Å²) in [7, 11) is 0. The van der Waals surface area contributed by atoms with Gasteiger partial charge in [0.2, 0.25) is 11.8 Å². The van der Waals surface area contributed by atoms with Gasteiger partial charge in [-0.15, -0.1) is 0 Å². The molecule has 37 heavy (non-hydrogen) atoms. The monoisotopic (exact) mass is 518 g/mol. The number of para-hydroxylation sites is 1. The lowest BCUT2D eigenvalue weighted by molar-refractivity contribution is -0.167. The van der Waals surface area contributed by atoms with E-state index in [1.165, 1.54) is 30.3 Å². The molecule has 2 aliphatic rings. The minimum atomic E-state index is -1.05. The van der Waals surface area contributed by atoms with Crippen molar-refractivity contribution >= 4 is 11.8 Å². The summed E-state index contributed by atoms with van der Waals surface area (Å²) in [6, 6.07) is 11.7. The number of halogens is 2. The summed E-state index contributed by atoms with van der Waals surface area (Å²) in [6.45, 7) is 2.99. The van der Waals surface area contributed by atoms with Crippen LogP contribution in [0.2, 0.25) is 0 Å². The number of amides is 2. The first-order valence-electron chi connectivity index (χ1n) is 12.5. The maximum Gasteiger partial charge on any atom is 0.225 e. The Morgan fingerprint density at radius 2 is 1.62 bits per heavy atom. The molecule has 2 aliphatic heterocycles. The van der Waals surface area contributed by atoms with E-state index in [9.17, 15) is 18.4 Å². The van der Waals surface area contributed by atoms with E-state index in [0.717, 1.165) is 0 Å². The molecule has 2 amide bonds. The Morgan fingerprint density at radius 3 is 2.38 bits per heavy atom. The lowest BCUT2D eigenvalue weighted by Gasteiger charge is -2.43. The molecular formula is C27H32F2N2O6. The zero-order valence-electron chi connectivity index (χ0n) is 20.7. The molecule has 0 aliphatic carbocycles. The van der Waals surface area contributed by atoms with E-state index < -0.39 is 11.4 Å². The lowest BCUT2D eigenvalue weighted by Crippen LogP contribution is -2.58. The topological polar surface area (TPSA) is 77.5 Å². The summed E-state index contributed by atoms with van der Waals surface area (Å²) in [5.41, 5.74) is -1.05. The minimum Gasteiger partial charge on any atom is -0.491 e. The molecule has 1 atom stereocenters. The Kier molecular flexibility index (Phi) is 9.29. The molecule has 1 unspecified atom stereocenters. The van der Waals surface area contributed by atoms with Gasteiger partial charge in [0, 0.05) is 26.1 Å². The van der Waals surface area contributed by atoms with E-state index in [2.05, 4.69) is 0 Å². The lowest BCUT2D eigenvalue weighted by atomic mass is 9.96. The second-order valence-corrected chi connectivity index (χ2v) is 9.14. The molecule has 0 spiro atoms. The van der Waals surface area contributed by atoms with Crippen LogP contribution in [0.15, 0.2) is 48.5 Å². The van der Waals surface area contributed by atoms with Crippen LogP contribution in [0.3, 0.4) is 0 Å². The number of hydrogen-bond donors (Lipinski definition) is 0. The van der Waals surface area contributed by atoms with Crippen LogP contribution < -0.4 is 9.47 Å². The number of morpholine rings is 2. The van der Waals surface area contributed by atoms with Gasteiger partial charge in [0.15, 0.2) is 11.6 Å². The Balaban J connectivity index is 1.37. The van der Waals surface area contributed by atoms with Crippen LogP contribution in [0.4, 0.5) is 8.78 Å². The van der Waals surface area contributed by atoms with Gasteiger partial charge in [-0.1, -0.05) is 12.1 Å². The number of nitrogens with zero attached hydrogens (tertiary/aromatic N) is 2. The summed E-state index contributed by atoms with van der Waals surface area (Å²) >= 11 is 0. The SMILES string of the molecule is O=C(CC1(COc2ccc(F)cc2)CN(C(=O)CCCOc2ccccc2F)CCO1)N1CCOCC1.